The van der Waals surface area contributed by atoms with Crippen LogP contribution in [0.15, 0.2) is 49.0 Å². The van der Waals surface area contributed by atoms with Gasteiger partial charge in [0.25, 0.3) is 5.91 Å². The Labute approximate surface area is 138 Å². The second-order valence-corrected chi connectivity index (χ2v) is 5.90. The van der Waals surface area contributed by atoms with Crippen molar-refractivity contribution in [3.63, 3.8) is 0 Å². The molecule has 0 radical (unpaired) electrons. The van der Waals surface area contributed by atoms with Crippen molar-refractivity contribution in [3.8, 4) is 5.75 Å². The first-order valence-corrected chi connectivity index (χ1v) is 7.58. The summed E-state index contributed by atoms with van der Waals surface area (Å²) in [6.07, 6.45) is 2.94. The minimum atomic E-state index is -0.355. The summed E-state index contributed by atoms with van der Waals surface area (Å²) in [5, 5.41) is 3.77. The highest BCUT2D eigenvalue weighted by molar-refractivity contribution is 9.11. The van der Waals surface area contributed by atoms with Gasteiger partial charge in [-0.25, -0.2) is 5.43 Å². The molecule has 0 saturated heterocycles. The molecule has 0 saturated carbocycles. The molecule has 0 atom stereocenters. The first-order chi connectivity index (χ1) is 10.1. The summed E-state index contributed by atoms with van der Waals surface area (Å²) in [5.41, 5.74) is 3.28. The monoisotopic (exact) mass is 414 g/mol. The predicted octanol–water partition coefficient (Wildman–Crippen LogP) is 3.64. The summed E-state index contributed by atoms with van der Waals surface area (Å²) in [5.74, 6) is 0.832. The van der Waals surface area contributed by atoms with Crippen LogP contribution >= 0.6 is 31.9 Å². The fourth-order valence-corrected chi connectivity index (χ4v) is 3.13. The van der Waals surface area contributed by atoms with E-state index in [2.05, 4.69) is 42.4 Å². The fraction of sp³-hybridized carbons (Fsp3) is 0.143. The molecule has 1 aromatic carbocycles. The topological polar surface area (TPSA) is 63.8 Å². The van der Waals surface area contributed by atoms with Gasteiger partial charge >= 0.3 is 0 Å². The van der Waals surface area contributed by atoms with E-state index in [4.69, 9.17) is 9.15 Å². The molecule has 1 heterocycles. The number of furan rings is 1. The molecule has 2 rings (SSSR count). The summed E-state index contributed by atoms with van der Waals surface area (Å²) in [7, 11) is 0. The third-order valence-electron chi connectivity index (χ3n) is 2.47. The number of hydrogen-bond donors (Lipinski definition) is 1. The molecule has 7 heteroatoms. The fourth-order valence-electron chi connectivity index (χ4n) is 1.57. The second-order valence-electron chi connectivity index (χ2n) is 4.13. The van der Waals surface area contributed by atoms with Crippen LogP contribution in [0.4, 0.5) is 0 Å². The average Bonchev–Trinajstić information content (AvgIpc) is 2.90. The van der Waals surface area contributed by atoms with E-state index in [1.54, 1.807) is 12.1 Å². The van der Waals surface area contributed by atoms with Crippen molar-refractivity contribution >= 4 is 44.0 Å². The van der Waals surface area contributed by atoms with E-state index >= 15 is 0 Å². The lowest BCUT2D eigenvalue weighted by Crippen LogP contribution is -2.24. The Bertz CT molecular complexity index is 631. The highest BCUT2D eigenvalue weighted by Gasteiger charge is 2.09. The molecule has 0 unspecified atom stereocenters. The van der Waals surface area contributed by atoms with Gasteiger partial charge in [-0.1, -0.05) is 15.9 Å². The number of amides is 1. The van der Waals surface area contributed by atoms with Crippen LogP contribution in [0.3, 0.4) is 0 Å². The van der Waals surface area contributed by atoms with Crippen LogP contribution in [0.1, 0.15) is 11.3 Å². The Morgan fingerprint density at radius 1 is 1.48 bits per heavy atom. The van der Waals surface area contributed by atoms with Crippen LogP contribution in [0.5, 0.6) is 5.75 Å². The van der Waals surface area contributed by atoms with Crippen LogP contribution in [0, 0.1) is 6.92 Å². The molecule has 1 aromatic heterocycles. The van der Waals surface area contributed by atoms with E-state index in [1.807, 2.05) is 19.1 Å². The van der Waals surface area contributed by atoms with Crippen molar-refractivity contribution in [3.05, 3.63) is 50.8 Å². The molecule has 0 aliphatic carbocycles. The first-order valence-electron chi connectivity index (χ1n) is 6.00. The summed E-state index contributed by atoms with van der Waals surface area (Å²) in [4.78, 5) is 11.6. The number of nitrogens with one attached hydrogen (secondary N) is 1. The van der Waals surface area contributed by atoms with Gasteiger partial charge in [0.15, 0.2) is 6.61 Å². The molecule has 110 valence electrons. The van der Waals surface area contributed by atoms with Gasteiger partial charge in [0, 0.05) is 4.47 Å². The predicted molar refractivity (Wildman–Crippen MR) is 86.5 cm³/mol. The van der Waals surface area contributed by atoms with Gasteiger partial charge in [-0.15, -0.1) is 0 Å². The smallest absolute Gasteiger partial charge is 0.277 e. The number of hydrogen-bond acceptors (Lipinski definition) is 4. The Balaban J connectivity index is 1.87. The minimum absolute atomic E-state index is 0.128. The normalized spacial score (nSPS) is 10.8. The molecular weight excluding hydrogens is 404 g/mol. The van der Waals surface area contributed by atoms with Gasteiger partial charge in [0.2, 0.25) is 0 Å². The standard InChI is InChI=1S/C14H12Br2N2O3/c1-9-5-10(15)6-12(16)14(9)21-8-13(19)18-17-7-11-3-2-4-20-11/h2-7H,8H2,1H3,(H,18,19)/b17-7+. The van der Waals surface area contributed by atoms with Crippen molar-refractivity contribution in [2.45, 2.75) is 6.92 Å². The molecule has 0 fully saturated rings. The van der Waals surface area contributed by atoms with Crippen molar-refractivity contribution in [1.82, 2.24) is 5.43 Å². The van der Waals surface area contributed by atoms with Crippen LogP contribution in [0.2, 0.25) is 0 Å². The number of carbonyl (C=O) groups is 1. The highest BCUT2D eigenvalue weighted by Crippen LogP contribution is 2.32. The van der Waals surface area contributed by atoms with Gasteiger partial charge in [-0.3, -0.25) is 4.79 Å². The maximum atomic E-state index is 11.6. The molecule has 0 aliphatic rings. The van der Waals surface area contributed by atoms with Crippen molar-refractivity contribution in [2.75, 3.05) is 6.61 Å². The van der Waals surface area contributed by atoms with Crippen molar-refractivity contribution in [1.29, 1.82) is 0 Å². The molecule has 0 aliphatic heterocycles. The van der Waals surface area contributed by atoms with E-state index in [0.29, 0.717) is 11.5 Å². The average molecular weight is 416 g/mol. The SMILES string of the molecule is Cc1cc(Br)cc(Br)c1OCC(=O)N/N=C/c1ccco1. The molecule has 0 bridgehead atoms. The molecule has 1 N–H and O–H groups in total. The summed E-state index contributed by atoms with van der Waals surface area (Å²) in [6, 6.07) is 7.23. The number of benzene rings is 1. The van der Waals surface area contributed by atoms with Crippen LogP contribution in [0.25, 0.3) is 0 Å². The van der Waals surface area contributed by atoms with Gasteiger partial charge in [-0.2, -0.15) is 5.10 Å². The quantitative estimate of drug-likeness (QED) is 0.598. The van der Waals surface area contributed by atoms with Gasteiger partial charge in [0.1, 0.15) is 11.5 Å². The van der Waals surface area contributed by atoms with Crippen LogP contribution in [-0.2, 0) is 4.79 Å². The third-order valence-corrected chi connectivity index (χ3v) is 3.51. The van der Waals surface area contributed by atoms with E-state index in [0.717, 1.165) is 14.5 Å². The molecule has 5 nitrogen and oxygen atoms in total. The molecule has 2 aromatic rings. The van der Waals surface area contributed by atoms with E-state index in [9.17, 15) is 4.79 Å². The number of carbonyl (C=O) groups excluding carboxylic acids is 1. The maximum Gasteiger partial charge on any atom is 0.277 e. The summed E-state index contributed by atoms with van der Waals surface area (Å²) >= 11 is 6.79. The first kappa shape index (κ1) is 15.8. The summed E-state index contributed by atoms with van der Waals surface area (Å²) in [6.45, 7) is 1.77. The lowest BCUT2D eigenvalue weighted by Gasteiger charge is -2.10. The van der Waals surface area contributed by atoms with E-state index in [1.165, 1.54) is 12.5 Å². The zero-order chi connectivity index (χ0) is 15.2. The largest absolute Gasteiger partial charge is 0.482 e. The Morgan fingerprint density at radius 2 is 2.29 bits per heavy atom. The zero-order valence-corrected chi connectivity index (χ0v) is 14.3. The van der Waals surface area contributed by atoms with Crippen LogP contribution in [-0.4, -0.2) is 18.7 Å². The maximum absolute atomic E-state index is 11.6. The van der Waals surface area contributed by atoms with Crippen LogP contribution < -0.4 is 10.2 Å². The molecular formula is C14H12Br2N2O3. The van der Waals surface area contributed by atoms with Crippen molar-refractivity contribution < 1.29 is 13.9 Å². The van der Waals surface area contributed by atoms with Gasteiger partial charge in [0.05, 0.1) is 17.0 Å². The lowest BCUT2D eigenvalue weighted by molar-refractivity contribution is -0.123. The Morgan fingerprint density at radius 3 is 2.95 bits per heavy atom. The number of aryl methyl sites for hydroxylation is 1. The van der Waals surface area contributed by atoms with Crippen molar-refractivity contribution in [2.24, 2.45) is 5.10 Å². The lowest BCUT2D eigenvalue weighted by atomic mass is 10.2. The molecule has 1 amide bonds. The third kappa shape index (κ3) is 4.71. The second kappa shape index (κ2) is 7.42. The number of rotatable bonds is 5. The van der Waals surface area contributed by atoms with Gasteiger partial charge < -0.3 is 9.15 Å². The van der Waals surface area contributed by atoms with Gasteiger partial charge in [-0.05, 0) is 52.7 Å². The number of ether oxygens (including phenoxy) is 1. The van der Waals surface area contributed by atoms with E-state index < -0.39 is 0 Å². The zero-order valence-electron chi connectivity index (χ0n) is 11.1. The molecule has 21 heavy (non-hydrogen) atoms. The number of nitrogens with zero attached hydrogens (tertiary/aromatic N) is 1. The number of halogens is 2. The molecule has 0 spiro atoms. The van der Waals surface area contributed by atoms with E-state index in [-0.39, 0.29) is 12.5 Å². The minimum Gasteiger partial charge on any atom is -0.482 e. The Hall–Kier alpha value is -1.60. The summed E-state index contributed by atoms with van der Waals surface area (Å²) < 4.78 is 12.3. The number of hydrazone groups is 1. The Kier molecular flexibility index (Phi) is 5.58. The highest BCUT2D eigenvalue weighted by atomic mass is 79.9.